The van der Waals surface area contributed by atoms with Crippen LogP contribution < -0.4 is 5.01 Å². The van der Waals surface area contributed by atoms with Crippen LogP contribution in [0.1, 0.15) is 5.56 Å². The fourth-order valence-corrected chi connectivity index (χ4v) is 1.24. The summed E-state index contributed by atoms with van der Waals surface area (Å²) < 4.78 is 0. The van der Waals surface area contributed by atoms with Crippen LogP contribution in [0, 0.1) is 0 Å². The van der Waals surface area contributed by atoms with Crippen molar-refractivity contribution >= 4 is 24.4 Å². The van der Waals surface area contributed by atoms with Gasteiger partial charge in [0.1, 0.15) is 0 Å². The van der Waals surface area contributed by atoms with E-state index in [1.807, 2.05) is 36.4 Å². The highest BCUT2D eigenvalue weighted by Gasteiger charge is 2.07. The number of carbonyl (C=O) groups is 1. The average Bonchev–Trinajstić information content (AvgIpc) is 2.39. The van der Waals surface area contributed by atoms with Crippen LogP contribution in [0.3, 0.4) is 0 Å². The van der Waals surface area contributed by atoms with Gasteiger partial charge in [-0.05, 0) is 12.1 Å². The van der Waals surface area contributed by atoms with Crippen LogP contribution in [0.4, 0.5) is 5.69 Å². The molecule has 0 fully saturated rings. The zero-order valence-electron chi connectivity index (χ0n) is 6.92. The summed E-state index contributed by atoms with van der Waals surface area (Å²) in [4.78, 5) is 10.7. The maximum absolute atomic E-state index is 10.7. The van der Waals surface area contributed by atoms with Crippen molar-refractivity contribution in [2.45, 2.75) is 0 Å². The van der Waals surface area contributed by atoms with Crippen molar-refractivity contribution in [1.82, 2.24) is 0 Å². The van der Waals surface area contributed by atoms with Gasteiger partial charge in [0.25, 0.3) is 0 Å². The molecule has 1 aromatic carbocycles. The van der Waals surface area contributed by atoms with Gasteiger partial charge in [-0.25, -0.2) is 5.01 Å². The number of benzene rings is 1. The Morgan fingerprint density at radius 3 is 3.00 bits per heavy atom. The summed E-state index contributed by atoms with van der Waals surface area (Å²) in [6, 6.07) is 7.61. The van der Waals surface area contributed by atoms with Gasteiger partial charge in [0.15, 0.2) is 0 Å². The van der Waals surface area contributed by atoms with Crippen molar-refractivity contribution in [1.29, 1.82) is 0 Å². The SMILES string of the molecule is O=CN1N=CC=Cc2ccccc21. The summed E-state index contributed by atoms with van der Waals surface area (Å²) in [5, 5.41) is 5.25. The second-order valence-corrected chi connectivity index (χ2v) is 2.63. The number of amides is 1. The largest absolute Gasteiger partial charge is 0.276 e. The molecular formula is C10H8N2O. The second kappa shape index (κ2) is 3.23. The van der Waals surface area contributed by atoms with Crippen molar-refractivity contribution in [3.8, 4) is 0 Å². The Balaban J connectivity index is 2.56. The number of hydrogen-bond donors (Lipinski definition) is 0. The predicted octanol–water partition coefficient (Wildman–Crippen LogP) is 1.66. The Morgan fingerprint density at radius 2 is 2.15 bits per heavy atom. The molecule has 1 aromatic rings. The number of para-hydroxylation sites is 1. The number of allylic oxidation sites excluding steroid dienone is 1. The molecule has 0 unspecified atom stereocenters. The van der Waals surface area contributed by atoms with Crippen molar-refractivity contribution < 1.29 is 4.79 Å². The number of anilines is 1. The minimum atomic E-state index is 0.697. The zero-order chi connectivity index (χ0) is 9.10. The maximum Gasteiger partial charge on any atom is 0.234 e. The van der Waals surface area contributed by atoms with Crippen molar-refractivity contribution in [2.24, 2.45) is 5.10 Å². The van der Waals surface area contributed by atoms with E-state index in [9.17, 15) is 4.79 Å². The molecule has 1 aliphatic rings. The third-order valence-electron chi connectivity index (χ3n) is 1.84. The van der Waals surface area contributed by atoms with Crippen molar-refractivity contribution in [2.75, 3.05) is 5.01 Å². The van der Waals surface area contributed by atoms with Gasteiger partial charge in [-0.1, -0.05) is 24.3 Å². The average molecular weight is 172 g/mol. The Kier molecular flexibility index (Phi) is 1.92. The monoisotopic (exact) mass is 172 g/mol. The van der Waals surface area contributed by atoms with E-state index in [0.29, 0.717) is 6.41 Å². The number of hydrogen-bond acceptors (Lipinski definition) is 2. The zero-order valence-corrected chi connectivity index (χ0v) is 6.92. The smallest absolute Gasteiger partial charge is 0.234 e. The normalized spacial score (nSPS) is 13.7. The fourth-order valence-electron chi connectivity index (χ4n) is 1.24. The molecule has 1 aliphatic heterocycles. The summed E-state index contributed by atoms with van der Waals surface area (Å²) in [5.41, 5.74) is 1.80. The number of rotatable bonds is 1. The quantitative estimate of drug-likeness (QED) is 0.593. The van der Waals surface area contributed by atoms with E-state index < -0.39 is 0 Å². The summed E-state index contributed by atoms with van der Waals surface area (Å²) in [5.74, 6) is 0. The van der Waals surface area contributed by atoms with Crippen LogP contribution in [-0.2, 0) is 4.79 Å². The number of carbonyl (C=O) groups excluding carboxylic acids is 1. The minimum Gasteiger partial charge on any atom is -0.276 e. The van der Waals surface area contributed by atoms with Gasteiger partial charge in [-0.2, -0.15) is 5.10 Å². The van der Waals surface area contributed by atoms with Gasteiger partial charge in [0, 0.05) is 11.8 Å². The number of hydrazone groups is 1. The van der Waals surface area contributed by atoms with E-state index in [-0.39, 0.29) is 0 Å². The van der Waals surface area contributed by atoms with Crippen LogP contribution >= 0.6 is 0 Å². The van der Waals surface area contributed by atoms with Gasteiger partial charge in [0.05, 0.1) is 5.69 Å². The molecule has 0 saturated heterocycles. The van der Waals surface area contributed by atoms with Gasteiger partial charge in [-0.15, -0.1) is 0 Å². The molecule has 0 atom stereocenters. The van der Waals surface area contributed by atoms with Crippen LogP contribution in [0.2, 0.25) is 0 Å². The van der Waals surface area contributed by atoms with E-state index in [0.717, 1.165) is 11.3 Å². The molecular weight excluding hydrogens is 164 g/mol. The van der Waals surface area contributed by atoms with Crippen LogP contribution in [0.15, 0.2) is 35.4 Å². The molecule has 0 radical (unpaired) electrons. The number of fused-ring (bicyclic) bond motifs is 1. The number of nitrogens with zero attached hydrogens (tertiary/aromatic N) is 2. The Morgan fingerprint density at radius 1 is 1.31 bits per heavy atom. The third-order valence-corrected chi connectivity index (χ3v) is 1.84. The molecule has 0 spiro atoms. The van der Waals surface area contributed by atoms with Crippen molar-refractivity contribution in [3.05, 3.63) is 35.9 Å². The highest BCUT2D eigenvalue weighted by molar-refractivity contribution is 5.90. The topological polar surface area (TPSA) is 32.7 Å². The molecule has 3 heteroatoms. The molecule has 0 aromatic heterocycles. The molecule has 2 rings (SSSR count). The first kappa shape index (κ1) is 7.73. The molecule has 0 N–H and O–H groups in total. The predicted molar refractivity (Wildman–Crippen MR) is 52.5 cm³/mol. The lowest BCUT2D eigenvalue weighted by atomic mass is 10.1. The second-order valence-electron chi connectivity index (χ2n) is 2.63. The van der Waals surface area contributed by atoms with E-state index in [1.54, 1.807) is 6.21 Å². The van der Waals surface area contributed by atoms with E-state index in [1.165, 1.54) is 5.01 Å². The Bertz CT molecular complexity index is 382. The van der Waals surface area contributed by atoms with Gasteiger partial charge in [-0.3, -0.25) is 4.79 Å². The molecule has 1 heterocycles. The first-order valence-electron chi connectivity index (χ1n) is 3.96. The van der Waals surface area contributed by atoms with E-state index in [4.69, 9.17) is 0 Å². The Hall–Kier alpha value is -1.90. The molecule has 3 nitrogen and oxygen atoms in total. The Labute approximate surface area is 76.0 Å². The molecule has 64 valence electrons. The first-order chi connectivity index (χ1) is 6.42. The highest BCUT2D eigenvalue weighted by Crippen LogP contribution is 2.21. The van der Waals surface area contributed by atoms with Crippen LogP contribution in [0.25, 0.3) is 6.08 Å². The van der Waals surface area contributed by atoms with E-state index in [2.05, 4.69) is 5.10 Å². The standard InChI is InChI=1S/C10H8N2O/c13-8-12-10-6-2-1-4-9(10)5-3-7-11-12/h1-8H. The molecule has 0 aliphatic carbocycles. The summed E-state index contributed by atoms with van der Waals surface area (Å²) in [7, 11) is 0. The molecule has 13 heavy (non-hydrogen) atoms. The van der Waals surface area contributed by atoms with Gasteiger partial charge >= 0.3 is 0 Å². The van der Waals surface area contributed by atoms with Gasteiger partial charge < -0.3 is 0 Å². The lowest BCUT2D eigenvalue weighted by Crippen LogP contribution is -2.13. The molecule has 0 saturated carbocycles. The summed E-state index contributed by atoms with van der Waals surface area (Å²) >= 11 is 0. The highest BCUT2D eigenvalue weighted by atomic mass is 16.1. The van der Waals surface area contributed by atoms with Crippen molar-refractivity contribution in [3.63, 3.8) is 0 Å². The summed E-state index contributed by atoms with van der Waals surface area (Å²) in [6.07, 6.45) is 6.02. The first-order valence-corrected chi connectivity index (χ1v) is 3.96. The lowest BCUT2D eigenvalue weighted by Gasteiger charge is -2.11. The minimum absolute atomic E-state index is 0.697. The molecule has 0 bridgehead atoms. The lowest BCUT2D eigenvalue weighted by molar-refractivity contribution is -0.107. The van der Waals surface area contributed by atoms with Gasteiger partial charge in [0.2, 0.25) is 6.41 Å². The third kappa shape index (κ3) is 1.36. The van der Waals surface area contributed by atoms with Crippen LogP contribution in [0.5, 0.6) is 0 Å². The maximum atomic E-state index is 10.7. The molecule has 1 amide bonds. The van der Waals surface area contributed by atoms with E-state index >= 15 is 0 Å². The van der Waals surface area contributed by atoms with Crippen LogP contribution in [-0.4, -0.2) is 12.6 Å². The fraction of sp³-hybridized carbons (Fsp3) is 0. The summed E-state index contributed by atoms with van der Waals surface area (Å²) in [6.45, 7) is 0.